The average molecular weight is 466 g/mol. The Morgan fingerprint density at radius 2 is 1.65 bits per heavy atom. The molecule has 3 aromatic rings. The van der Waals surface area contributed by atoms with Crippen LogP contribution in [0.2, 0.25) is 5.02 Å². The molecule has 1 heterocycles. The van der Waals surface area contributed by atoms with E-state index in [1.54, 1.807) is 6.07 Å². The van der Waals surface area contributed by atoms with E-state index in [9.17, 15) is 19.7 Å². The van der Waals surface area contributed by atoms with Crippen molar-refractivity contribution in [1.82, 2.24) is 10.9 Å². The van der Waals surface area contributed by atoms with Crippen LogP contribution in [0.4, 0.5) is 5.69 Å². The lowest BCUT2D eigenvalue weighted by atomic mass is 10.1. The number of nitrogens with one attached hydrogen (secondary N) is 2. The number of halogens is 1. The number of non-ortho nitro benzene ring substituents is 1. The van der Waals surface area contributed by atoms with Gasteiger partial charge in [0.2, 0.25) is 5.75 Å². The number of hydrogen-bond donors (Lipinski definition) is 2. The van der Waals surface area contributed by atoms with E-state index in [1.807, 2.05) is 0 Å². The van der Waals surface area contributed by atoms with Crippen LogP contribution in [0.3, 0.4) is 0 Å². The maximum atomic E-state index is 12.6. The Bertz CT molecular complexity index is 1170. The molecule has 2 N–H and O–H groups in total. The van der Waals surface area contributed by atoms with E-state index in [0.29, 0.717) is 11.1 Å². The third-order valence-corrected chi connectivity index (χ3v) is 5.99. The van der Waals surface area contributed by atoms with Crippen LogP contribution in [0.1, 0.15) is 20.0 Å². The zero-order chi connectivity index (χ0) is 22.7. The lowest BCUT2D eigenvalue weighted by Crippen LogP contribution is -2.41. The molecule has 0 aliphatic carbocycles. The number of carbonyl (C=O) groups excluding carboxylic acids is 2. The van der Waals surface area contributed by atoms with Gasteiger partial charge in [-0.1, -0.05) is 23.7 Å². The van der Waals surface area contributed by atoms with Crippen LogP contribution in [0, 0.1) is 10.1 Å². The molecule has 0 atom stereocenters. The molecule has 0 aliphatic rings. The van der Waals surface area contributed by atoms with Crippen LogP contribution < -0.4 is 25.1 Å². The van der Waals surface area contributed by atoms with Gasteiger partial charge in [-0.3, -0.25) is 30.6 Å². The van der Waals surface area contributed by atoms with Crippen LogP contribution in [0.5, 0.6) is 17.2 Å². The maximum absolute atomic E-state index is 12.6. The molecule has 31 heavy (non-hydrogen) atoms. The molecule has 162 valence electrons. The Morgan fingerprint density at radius 3 is 2.19 bits per heavy atom. The molecule has 12 heteroatoms. The van der Waals surface area contributed by atoms with Gasteiger partial charge in [-0.25, -0.2) is 0 Å². The van der Waals surface area contributed by atoms with Crippen molar-refractivity contribution >= 4 is 50.5 Å². The fourth-order valence-corrected chi connectivity index (χ4v) is 4.31. The molecule has 2 aromatic carbocycles. The predicted octanol–water partition coefficient (Wildman–Crippen LogP) is 3.56. The highest BCUT2D eigenvalue weighted by Crippen LogP contribution is 2.40. The second-order valence-corrected chi connectivity index (χ2v) is 7.38. The molecular formula is C19H16ClN3O7S. The van der Waals surface area contributed by atoms with Gasteiger partial charge in [-0.05, 0) is 12.1 Å². The number of nitrogens with zero attached hydrogens (tertiary/aromatic N) is 1. The van der Waals surface area contributed by atoms with Crippen molar-refractivity contribution in [3.63, 3.8) is 0 Å². The number of nitro benzene ring substituents is 1. The fraction of sp³-hybridized carbons (Fsp3) is 0.158. The number of methoxy groups -OCH3 is 3. The molecule has 0 bridgehead atoms. The minimum absolute atomic E-state index is 0.0242. The number of thiophene rings is 1. The van der Waals surface area contributed by atoms with Crippen molar-refractivity contribution < 1.29 is 28.7 Å². The van der Waals surface area contributed by atoms with Crippen LogP contribution in [-0.2, 0) is 0 Å². The number of ether oxygens (including phenoxy) is 3. The van der Waals surface area contributed by atoms with E-state index < -0.39 is 16.7 Å². The highest BCUT2D eigenvalue weighted by Gasteiger charge is 2.23. The number of rotatable bonds is 6. The van der Waals surface area contributed by atoms with Gasteiger partial charge in [-0.2, -0.15) is 0 Å². The monoisotopic (exact) mass is 465 g/mol. The van der Waals surface area contributed by atoms with E-state index >= 15 is 0 Å². The molecule has 0 unspecified atom stereocenters. The summed E-state index contributed by atoms with van der Waals surface area (Å²) < 4.78 is 15.9. The number of benzene rings is 2. The Hall–Kier alpha value is -3.57. The first-order valence-corrected chi connectivity index (χ1v) is 9.77. The first kappa shape index (κ1) is 22.1. The maximum Gasteiger partial charge on any atom is 0.287 e. The molecule has 10 nitrogen and oxygen atoms in total. The smallest absolute Gasteiger partial charge is 0.287 e. The molecule has 1 aromatic heterocycles. The van der Waals surface area contributed by atoms with E-state index in [-0.39, 0.29) is 37.3 Å². The van der Waals surface area contributed by atoms with Crippen molar-refractivity contribution in [1.29, 1.82) is 0 Å². The van der Waals surface area contributed by atoms with Gasteiger partial charge in [0.1, 0.15) is 9.58 Å². The largest absolute Gasteiger partial charge is 0.493 e. The molecule has 0 saturated carbocycles. The van der Waals surface area contributed by atoms with Crippen LogP contribution in [-0.4, -0.2) is 38.1 Å². The summed E-state index contributed by atoms with van der Waals surface area (Å²) >= 11 is 7.10. The second kappa shape index (κ2) is 9.06. The van der Waals surface area contributed by atoms with Crippen molar-refractivity contribution in [2.45, 2.75) is 0 Å². The predicted molar refractivity (Wildman–Crippen MR) is 115 cm³/mol. The minimum atomic E-state index is -0.721. The summed E-state index contributed by atoms with van der Waals surface area (Å²) in [4.78, 5) is 35.8. The van der Waals surface area contributed by atoms with E-state index in [2.05, 4.69) is 10.9 Å². The molecule has 0 radical (unpaired) electrons. The highest BCUT2D eigenvalue weighted by atomic mass is 35.5. The molecule has 0 aliphatic heterocycles. The minimum Gasteiger partial charge on any atom is -0.493 e. The Morgan fingerprint density at radius 1 is 1.03 bits per heavy atom. The number of amides is 2. The Balaban J connectivity index is 1.83. The van der Waals surface area contributed by atoms with Gasteiger partial charge in [0.15, 0.2) is 11.5 Å². The third-order valence-electron chi connectivity index (χ3n) is 4.25. The number of fused-ring (bicyclic) bond motifs is 1. The first-order valence-electron chi connectivity index (χ1n) is 8.58. The van der Waals surface area contributed by atoms with Gasteiger partial charge < -0.3 is 14.2 Å². The number of hydrogen-bond acceptors (Lipinski definition) is 8. The molecule has 3 rings (SSSR count). The molecule has 2 amide bonds. The molecular weight excluding hydrogens is 450 g/mol. The van der Waals surface area contributed by atoms with Gasteiger partial charge in [-0.15, -0.1) is 11.3 Å². The van der Waals surface area contributed by atoms with Gasteiger partial charge >= 0.3 is 0 Å². The number of nitro groups is 1. The Labute approximate surface area is 184 Å². The van der Waals surface area contributed by atoms with Crippen LogP contribution in [0.15, 0.2) is 30.3 Å². The number of carbonyl (C=O) groups is 2. The Kier molecular flexibility index (Phi) is 6.47. The van der Waals surface area contributed by atoms with Crippen molar-refractivity contribution in [3.8, 4) is 17.2 Å². The van der Waals surface area contributed by atoms with E-state index in [1.165, 1.54) is 45.6 Å². The van der Waals surface area contributed by atoms with Crippen molar-refractivity contribution in [2.75, 3.05) is 21.3 Å². The molecule has 0 spiro atoms. The zero-order valence-corrected chi connectivity index (χ0v) is 18.1. The summed E-state index contributed by atoms with van der Waals surface area (Å²) in [6.45, 7) is 0. The van der Waals surface area contributed by atoms with Crippen molar-refractivity contribution in [2.24, 2.45) is 0 Å². The summed E-state index contributed by atoms with van der Waals surface area (Å²) in [5.41, 5.74) is 4.50. The quantitative estimate of drug-likeness (QED) is 0.420. The topological polar surface area (TPSA) is 129 Å². The SMILES string of the molecule is COc1cc(C(=O)NNC(=O)c2sc3c([N+](=O)[O-])cccc3c2Cl)cc(OC)c1OC. The highest BCUT2D eigenvalue weighted by molar-refractivity contribution is 7.22. The lowest BCUT2D eigenvalue weighted by molar-refractivity contribution is -0.382. The fourth-order valence-electron chi connectivity index (χ4n) is 2.82. The van der Waals surface area contributed by atoms with Crippen molar-refractivity contribution in [3.05, 3.63) is 55.9 Å². The average Bonchev–Trinajstić information content (AvgIpc) is 3.12. The van der Waals surface area contributed by atoms with Gasteiger partial charge in [0.25, 0.3) is 17.5 Å². The summed E-state index contributed by atoms with van der Waals surface area (Å²) in [5.74, 6) is -0.544. The summed E-state index contributed by atoms with van der Waals surface area (Å²) in [6, 6.07) is 7.21. The zero-order valence-electron chi connectivity index (χ0n) is 16.5. The van der Waals surface area contributed by atoms with E-state index in [4.69, 9.17) is 25.8 Å². The standard InChI is InChI=1S/C19H16ClN3O7S/c1-28-12-7-9(8-13(29-2)15(12)30-3)18(24)21-22-19(25)17-14(20)10-5-4-6-11(23(26)27)16(10)31-17/h4-8H,1-3H3,(H,21,24)(H,22,25). The second-order valence-electron chi connectivity index (χ2n) is 5.98. The van der Waals surface area contributed by atoms with Crippen LogP contribution in [0.25, 0.3) is 10.1 Å². The van der Waals surface area contributed by atoms with E-state index in [0.717, 1.165) is 11.3 Å². The normalized spacial score (nSPS) is 10.5. The summed E-state index contributed by atoms with van der Waals surface area (Å²) in [7, 11) is 4.24. The summed E-state index contributed by atoms with van der Waals surface area (Å²) in [5, 5.41) is 11.6. The molecule has 0 fully saturated rings. The number of hydrazine groups is 1. The lowest BCUT2D eigenvalue weighted by Gasteiger charge is -2.14. The summed E-state index contributed by atoms with van der Waals surface area (Å²) in [6.07, 6.45) is 0. The third kappa shape index (κ3) is 4.18. The van der Waals surface area contributed by atoms with Gasteiger partial charge in [0, 0.05) is 17.0 Å². The molecule has 0 saturated heterocycles. The van der Waals surface area contributed by atoms with Gasteiger partial charge in [0.05, 0.1) is 31.3 Å². The van der Waals surface area contributed by atoms with Crippen LogP contribution >= 0.6 is 22.9 Å². The first-order chi connectivity index (χ1) is 14.8.